The van der Waals surface area contributed by atoms with Crippen molar-refractivity contribution in [3.05, 3.63) is 0 Å². The van der Waals surface area contributed by atoms with Crippen molar-refractivity contribution in [1.29, 1.82) is 0 Å². The molecule has 4 nitrogen and oxygen atoms in total. The van der Waals surface area contributed by atoms with E-state index in [0.717, 1.165) is 11.5 Å². The van der Waals surface area contributed by atoms with Crippen LogP contribution in [-0.4, -0.2) is 35.6 Å². The maximum absolute atomic E-state index is 9.86. The molecule has 0 aromatic heterocycles. The molecule has 0 unspecified atom stereocenters. The highest BCUT2D eigenvalue weighted by Gasteiger charge is 1.97. The summed E-state index contributed by atoms with van der Waals surface area (Å²) in [5.41, 5.74) is -1.88. The van der Waals surface area contributed by atoms with Gasteiger partial charge in [0.05, 0.1) is 0 Å². The van der Waals surface area contributed by atoms with Crippen LogP contribution in [0.3, 0.4) is 0 Å². The monoisotopic (exact) mass is 280 g/mol. The lowest BCUT2D eigenvalue weighted by Crippen LogP contribution is -2.06. The molecule has 0 fully saturated rings. The standard InChI is InChI=1S/C4H4Cl2O4.C2H6S2/c5-3(7)9-1-2-10-4(6)8;3-1-2-4/h1-2H2;3-4H,1-2H2. The first-order chi connectivity index (χ1) is 6.54. The molecule has 0 rings (SSSR count). The van der Waals surface area contributed by atoms with Crippen LogP contribution in [0.25, 0.3) is 0 Å². The van der Waals surface area contributed by atoms with Crippen LogP contribution >= 0.6 is 48.5 Å². The number of hydrogen-bond donors (Lipinski definition) is 2. The summed E-state index contributed by atoms with van der Waals surface area (Å²) < 4.78 is 8.37. The lowest BCUT2D eigenvalue weighted by atomic mass is 10.8. The molecule has 0 aliphatic heterocycles. The Morgan fingerprint density at radius 2 is 1.21 bits per heavy atom. The zero-order valence-corrected chi connectivity index (χ0v) is 10.4. The van der Waals surface area contributed by atoms with Gasteiger partial charge in [-0.25, -0.2) is 9.59 Å². The Bertz CT molecular complexity index is 150. The second-order valence-corrected chi connectivity index (χ2v) is 3.13. The van der Waals surface area contributed by atoms with Gasteiger partial charge in [0.15, 0.2) is 0 Å². The third-order valence-electron chi connectivity index (χ3n) is 0.614. The lowest BCUT2D eigenvalue weighted by Gasteiger charge is -1.98. The first kappa shape index (κ1) is 16.6. The lowest BCUT2D eigenvalue weighted by molar-refractivity contribution is 0.121. The molecule has 0 saturated heterocycles. The number of ether oxygens (including phenoxy) is 2. The van der Waals surface area contributed by atoms with E-state index in [1.807, 2.05) is 0 Å². The third-order valence-corrected chi connectivity index (χ3v) is 1.63. The van der Waals surface area contributed by atoms with Crippen molar-refractivity contribution < 1.29 is 19.1 Å². The van der Waals surface area contributed by atoms with E-state index < -0.39 is 10.9 Å². The molecule has 0 amide bonds. The zero-order valence-electron chi connectivity index (χ0n) is 7.11. The number of hydrogen-bond acceptors (Lipinski definition) is 6. The van der Waals surface area contributed by atoms with Crippen LogP contribution in [0.15, 0.2) is 0 Å². The number of rotatable bonds is 4. The van der Waals surface area contributed by atoms with Crippen LogP contribution in [0.2, 0.25) is 0 Å². The molecule has 0 N–H and O–H groups in total. The number of carbonyl (C=O) groups is 2. The molecule has 0 bridgehead atoms. The molecule has 0 spiro atoms. The fourth-order valence-corrected chi connectivity index (χ4v) is 0.398. The van der Waals surface area contributed by atoms with Crippen LogP contribution in [0, 0.1) is 0 Å². The van der Waals surface area contributed by atoms with Gasteiger partial charge in [-0.15, -0.1) is 0 Å². The Kier molecular flexibility index (Phi) is 15.7. The predicted molar refractivity (Wildman–Crippen MR) is 62.1 cm³/mol. The summed E-state index contributed by atoms with van der Waals surface area (Å²) in [4.78, 5) is 19.7. The van der Waals surface area contributed by atoms with E-state index in [9.17, 15) is 9.59 Å². The molecule has 0 atom stereocenters. The minimum Gasteiger partial charge on any atom is -0.450 e. The van der Waals surface area contributed by atoms with Crippen LogP contribution in [0.1, 0.15) is 0 Å². The number of carbonyl (C=O) groups excluding carboxylic acids is 2. The molecule has 0 radical (unpaired) electrons. The average Bonchev–Trinajstić information content (AvgIpc) is 2.12. The van der Waals surface area contributed by atoms with Crippen LogP contribution in [0.5, 0.6) is 0 Å². The van der Waals surface area contributed by atoms with E-state index in [0.29, 0.717) is 0 Å². The maximum atomic E-state index is 9.86. The molecule has 0 aromatic carbocycles. The summed E-state index contributed by atoms with van der Waals surface area (Å²) in [6.45, 7) is -0.165. The van der Waals surface area contributed by atoms with E-state index >= 15 is 0 Å². The van der Waals surface area contributed by atoms with Crippen molar-refractivity contribution in [3.8, 4) is 0 Å². The second kappa shape index (κ2) is 13.2. The number of thiol groups is 2. The summed E-state index contributed by atoms with van der Waals surface area (Å²) in [7, 11) is 0. The highest BCUT2D eigenvalue weighted by Crippen LogP contribution is 1.89. The predicted octanol–water partition coefficient (Wildman–Crippen LogP) is 2.58. The van der Waals surface area contributed by atoms with Crippen molar-refractivity contribution >= 4 is 59.3 Å². The van der Waals surface area contributed by atoms with Gasteiger partial charge in [-0.2, -0.15) is 25.3 Å². The summed E-state index contributed by atoms with van der Waals surface area (Å²) in [6.07, 6.45) is 0. The van der Waals surface area contributed by atoms with Gasteiger partial charge in [0.2, 0.25) is 0 Å². The molecule has 14 heavy (non-hydrogen) atoms. The van der Waals surface area contributed by atoms with Gasteiger partial charge in [0.25, 0.3) is 0 Å². The molecule has 0 saturated carbocycles. The van der Waals surface area contributed by atoms with Crippen molar-refractivity contribution in [2.75, 3.05) is 24.7 Å². The van der Waals surface area contributed by atoms with Crippen LogP contribution < -0.4 is 0 Å². The SMILES string of the molecule is O=C(Cl)OCCOC(=O)Cl.SCCS. The molecule has 0 aromatic rings. The van der Waals surface area contributed by atoms with Crippen LogP contribution in [-0.2, 0) is 9.47 Å². The normalized spacial score (nSPS) is 8.29. The molecular formula is C6H10Cl2O4S2. The molecule has 84 valence electrons. The van der Waals surface area contributed by atoms with E-state index in [1.54, 1.807) is 0 Å². The smallest absolute Gasteiger partial charge is 0.403 e. The van der Waals surface area contributed by atoms with Crippen molar-refractivity contribution in [2.24, 2.45) is 0 Å². The van der Waals surface area contributed by atoms with E-state index in [4.69, 9.17) is 23.2 Å². The van der Waals surface area contributed by atoms with Crippen molar-refractivity contribution in [2.45, 2.75) is 0 Å². The molecule has 0 heterocycles. The summed E-state index contributed by atoms with van der Waals surface area (Å²) in [6, 6.07) is 0. The largest absolute Gasteiger partial charge is 0.450 e. The quantitative estimate of drug-likeness (QED) is 0.472. The Hall–Kier alpha value is 0.220. The van der Waals surface area contributed by atoms with E-state index in [2.05, 4.69) is 34.7 Å². The van der Waals surface area contributed by atoms with Gasteiger partial charge in [-0.05, 0) is 11.5 Å². The first-order valence-electron chi connectivity index (χ1n) is 3.40. The summed E-state index contributed by atoms with van der Waals surface area (Å²) in [5, 5.41) is 0. The van der Waals surface area contributed by atoms with Gasteiger partial charge in [0.1, 0.15) is 13.2 Å². The van der Waals surface area contributed by atoms with Crippen molar-refractivity contribution in [3.63, 3.8) is 0 Å². The van der Waals surface area contributed by atoms with E-state index in [-0.39, 0.29) is 13.2 Å². The second-order valence-electron chi connectivity index (χ2n) is 1.62. The maximum Gasteiger partial charge on any atom is 0.403 e. The molecule has 0 aliphatic carbocycles. The van der Waals surface area contributed by atoms with Crippen LogP contribution in [0.4, 0.5) is 9.59 Å². The summed E-state index contributed by atoms with van der Waals surface area (Å²) in [5.74, 6) is 1.76. The Balaban J connectivity index is 0. The highest BCUT2D eigenvalue weighted by molar-refractivity contribution is 7.84. The molecule has 8 heteroatoms. The molecule has 0 aliphatic rings. The van der Waals surface area contributed by atoms with E-state index in [1.165, 1.54) is 0 Å². The fraction of sp³-hybridized carbons (Fsp3) is 0.667. The Morgan fingerprint density at radius 1 is 0.929 bits per heavy atom. The Morgan fingerprint density at radius 3 is 1.36 bits per heavy atom. The Labute approximate surface area is 103 Å². The highest BCUT2D eigenvalue weighted by atomic mass is 35.5. The first-order valence-corrected chi connectivity index (χ1v) is 5.43. The minimum atomic E-state index is -0.939. The van der Waals surface area contributed by atoms with Gasteiger partial charge < -0.3 is 9.47 Å². The fourth-order valence-electron chi connectivity index (χ4n) is 0.244. The van der Waals surface area contributed by atoms with Crippen molar-refractivity contribution in [1.82, 2.24) is 0 Å². The zero-order chi connectivity index (χ0) is 11.4. The van der Waals surface area contributed by atoms with Gasteiger partial charge in [-0.3, -0.25) is 0 Å². The average molecular weight is 281 g/mol. The van der Waals surface area contributed by atoms with Gasteiger partial charge in [0, 0.05) is 23.2 Å². The third kappa shape index (κ3) is 22.8. The van der Waals surface area contributed by atoms with Gasteiger partial charge in [-0.1, -0.05) is 0 Å². The molecular weight excluding hydrogens is 271 g/mol. The van der Waals surface area contributed by atoms with Gasteiger partial charge >= 0.3 is 10.9 Å². The topological polar surface area (TPSA) is 52.6 Å². The minimum absolute atomic E-state index is 0.0825. The number of halogens is 2. The summed E-state index contributed by atoms with van der Waals surface area (Å²) >= 11 is 17.2.